The molecule has 1 aromatic rings. The topological polar surface area (TPSA) is 92.7 Å². The minimum absolute atomic E-state index is 0.116. The Kier molecular flexibility index (Phi) is 7.35. The molecule has 0 atom stereocenters. The summed E-state index contributed by atoms with van der Waals surface area (Å²) in [7, 11) is -2.22. The van der Waals surface area contributed by atoms with E-state index in [1.807, 2.05) is 0 Å². The highest BCUT2D eigenvalue weighted by Gasteiger charge is 2.13. The zero-order valence-electron chi connectivity index (χ0n) is 12.0. The van der Waals surface area contributed by atoms with Gasteiger partial charge in [-0.1, -0.05) is 12.1 Å². The summed E-state index contributed by atoms with van der Waals surface area (Å²) in [5, 5.41) is 8.64. The molecule has 1 aromatic carbocycles. The van der Waals surface area contributed by atoms with Crippen molar-refractivity contribution in [2.75, 3.05) is 20.3 Å². The lowest BCUT2D eigenvalue weighted by atomic mass is 10.2. The number of esters is 1. The molecule has 0 aliphatic heterocycles. The van der Waals surface area contributed by atoms with Crippen molar-refractivity contribution in [3.05, 3.63) is 29.8 Å². The fourth-order valence-electron chi connectivity index (χ4n) is 1.73. The first kappa shape index (κ1) is 17.6. The molecule has 0 bridgehead atoms. The van der Waals surface area contributed by atoms with Crippen LogP contribution < -0.4 is 4.72 Å². The quantitative estimate of drug-likeness (QED) is 0.520. The summed E-state index contributed by atoms with van der Waals surface area (Å²) in [4.78, 5) is 11.3. The molecule has 0 fully saturated rings. The molecule has 0 unspecified atom stereocenters. The highest BCUT2D eigenvalue weighted by atomic mass is 32.2. The van der Waals surface area contributed by atoms with Crippen LogP contribution in [0.4, 0.5) is 0 Å². The largest absolute Gasteiger partial charge is 0.469 e. The van der Waals surface area contributed by atoms with Crippen molar-refractivity contribution in [2.45, 2.75) is 30.6 Å². The van der Waals surface area contributed by atoms with Gasteiger partial charge in [0.15, 0.2) is 0 Å². The summed E-state index contributed by atoms with van der Waals surface area (Å²) in [6, 6.07) is 6.12. The van der Waals surface area contributed by atoms with E-state index in [1.54, 1.807) is 12.1 Å². The Morgan fingerprint density at radius 3 is 2.43 bits per heavy atom. The van der Waals surface area contributed by atoms with Crippen LogP contribution in [0.2, 0.25) is 0 Å². The van der Waals surface area contributed by atoms with Crippen LogP contribution >= 0.6 is 0 Å². The van der Waals surface area contributed by atoms with E-state index in [1.165, 1.54) is 19.2 Å². The molecule has 2 N–H and O–H groups in total. The fraction of sp³-hybridized carbons (Fsp3) is 0.500. The summed E-state index contributed by atoms with van der Waals surface area (Å²) in [6.45, 7) is 0.459. The van der Waals surface area contributed by atoms with Crippen LogP contribution in [-0.2, 0) is 26.0 Å². The molecule has 0 aliphatic rings. The van der Waals surface area contributed by atoms with Crippen molar-refractivity contribution >= 4 is 16.0 Å². The van der Waals surface area contributed by atoms with Gasteiger partial charge < -0.3 is 9.84 Å². The summed E-state index contributed by atoms with van der Waals surface area (Å²) in [5.74, 6) is -0.368. The Balaban J connectivity index is 2.56. The first-order valence-corrected chi connectivity index (χ1v) is 8.24. The van der Waals surface area contributed by atoms with E-state index in [0.717, 1.165) is 6.42 Å². The normalized spacial score (nSPS) is 11.3. The summed E-state index contributed by atoms with van der Waals surface area (Å²) < 4.78 is 31.1. The van der Waals surface area contributed by atoms with Crippen molar-refractivity contribution in [2.24, 2.45) is 0 Å². The zero-order chi connectivity index (χ0) is 15.7. The first-order valence-electron chi connectivity index (χ1n) is 6.76. The molecular weight excluding hydrogens is 294 g/mol. The van der Waals surface area contributed by atoms with Crippen molar-refractivity contribution in [3.63, 3.8) is 0 Å². The van der Waals surface area contributed by atoms with E-state index < -0.39 is 10.0 Å². The van der Waals surface area contributed by atoms with Crippen molar-refractivity contribution < 1.29 is 23.1 Å². The van der Waals surface area contributed by atoms with Crippen LogP contribution in [0.3, 0.4) is 0 Å². The third kappa shape index (κ3) is 6.24. The van der Waals surface area contributed by atoms with Crippen LogP contribution in [0.25, 0.3) is 0 Å². The van der Waals surface area contributed by atoms with Crippen LogP contribution in [0, 0.1) is 0 Å². The SMILES string of the molecule is COC(=O)Cc1ccc(S(=O)(=O)NCCCCCO)cc1. The molecule has 0 radical (unpaired) electrons. The van der Waals surface area contributed by atoms with Gasteiger partial charge in [-0.05, 0) is 37.0 Å². The number of hydrogen-bond donors (Lipinski definition) is 2. The number of unbranched alkanes of at least 4 members (excludes halogenated alkanes) is 2. The minimum Gasteiger partial charge on any atom is -0.469 e. The number of nitrogens with one attached hydrogen (secondary N) is 1. The van der Waals surface area contributed by atoms with Gasteiger partial charge in [0.05, 0.1) is 18.4 Å². The van der Waals surface area contributed by atoms with Crippen LogP contribution in [0.5, 0.6) is 0 Å². The zero-order valence-corrected chi connectivity index (χ0v) is 12.9. The standard InChI is InChI=1S/C14H21NO5S/c1-20-14(17)11-12-5-7-13(8-6-12)21(18,19)15-9-3-2-4-10-16/h5-8,15-16H,2-4,9-11H2,1H3. The number of sulfonamides is 1. The molecule has 0 aliphatic carbocycles. The number of benzene rings is 1. The van der Waals surface area contributed by atoms with E-state index >= 15 is 0 Å². The summed E-state index contributed by atoms with van der Waals surface area (Å²) in [6.07, 6.45) is 2.24. The number of aliphatic hydroxyl groups excluding tert-OH is 1. The molecule has 0 spiro atoms. The van der Waals surface area contributed by atoms with Crippen molar-refractivity contribution in [1.29, 1.82) is 0 Å². The smallest absolute Gasteiger partial charge is 0.309 e. The van der Waals surface area contributed by atoms with Gasteiger partial charge in [0.25, 0.3) is 0 Å². The molecule has 7 heteroatoms. The molecular formula is C14H21NO5S. The monoisotopic (exact) mass is 315 g/mol. The molecule has 0 heterocycles. The Morgan fingerprint density at radius 2 is 1.86 bits per heavy atom. The molecule has 0 amide bonds. The van der Waals surface area contributed by atoms with E-state index in [0.29, 0.717) is 24.9 Å². The van der Waals surface area contributed by atoms with Crippen LogP contribution in [0.15, 0.2) is 29.2 Å². The highest BCUT2D eigenvalue weighted by Crippen LogP contribution is 2.11. The minimum atomic E-state index is -3.53. The number of aliphatic hydroxyl groups is 1. The third-order valence-corrected chi connectivity index (χ3v) is 4.41. The lowest BCUT2D eigenvalue weighted by Crippen LogP contribution is -2.24. The maximum Gasteiger partial charge on any atom is 0.309 e. The van der Waals surface area contributed by atoms with E-state index in [2.05, 4.69) is 9.46 Å². The van der Waals surface area contributed by atoms with E-state index in [9.17, 15) is 13.2 Å². The molecule has 6 nitrogen and oxygen atoms in total. The number of methoxy groups -OCH3 is 1. The fourth-order valence-corrected chi connectivity index (χ4v) is 2.80. The van der Waals surface area contributed by atoms with Gasteiger partial charge in [0, 0.05) is 13.2 Å². The van der Waals surface area contributed by atoms with Crippen LogP contribution in [-0.4, -0.2) is 39.8 Å². The summed E-state index contributed by atoms with van der Waals surface area (Å²) >= 11 is 0. The maximum absolute atomic E-state index is 12.0. The van der Waals surface area contributed by atoms with Gasteiger partial charge in [-0.25, -0.2) is 13.1 Å². The van der Waals surface area contributed by atoms with E-state index in [-0.39, 0.29) is 23.9 Å². The lowest BCUT2D eigenvalue weighted by Gasteiger charge is -2.07. The molecule has 0 saturated heterocycles. The van der Waals surface area contributed by atoms with Gasteiger partial charge in [0.2, 0.25) is 10.0 Å². The Morgan fingerprint density at radius 1 is 1.19 bits per heavy atom. The molecule has 0 saturated carbocycles. The average Bonchev–Trinajstić information content (AvgIpc) is 2.47. The van der Waals surface area contributed by atoms with Crippen LogP contribution in [0.1, 0.15) is 24.8 Å². The predicted molar refractivity (Wildman–Crippen MR) is 78.3 cm³/mol. The number of carbonyl (C=O) groups is 1. The Hall–Kier alpha value is -1.44. The second-order valence-corrected chi connectivity index (χ2v) is 6.35. The lowest BCUT2D eigenvalue weighted by molar-refractivity contribution is -0.139. The Bertz CT molecular complexity index is 539. The number of rotatable bonds is 9. The third-order valence-electron chi connectivity index (χ3n) is 2.94. The average molecular weight is 315 g/mol. The molecule has 118 valence electrons. The van der Waals surface area contributed by atoms with Gasteiger partial charge in [-0.2, -0.15) is 0 Å². The Labute approximate surface area is 125 Å². The van der Waals surface area contributed by atoms with Gasteiger partial charge in [-0.15, -0.1) is 0 Å². The van der Waals surface area contributed by atoms with Gasteiger partial charge in [0.1, 0.15) is 0 Å². The summed E-state index contributed by atoms with van der Waals surface area (Å²) in [5.41, 5.74) is 0.698. The first-order chi connectivity index (χ1) is 9.99. The van der Waals surface area contributed by atoms with E-state index in [4.69, 9.17) is 5.11 Å². The van der Waals surface area contributed by atoms with Gasteiger partial charge >= 0.3 is 5.97 Å². The predicted octanol–water partition coefficient (Wildman–Crippen LogP) is 0.843. The van der Waals surface area contributed by atoms with Crippen molar-refractivity contribution in [3.8, 4) is 0 Å². The maximum atomic E-state index is 12.0. The molecule has 1 rings (SSSR count). The number of carbonyl (C=O) groups excluding carboxylic acids is 1. The second kappa shape index (κ2) is 8.76. The highest BCUT2D eigenvalue weighted by molar-refractivity contribution is 7.89. The molecule has 21 heavy (non-hydrogen) atoms. The molecule has 0 aromatic heterocycles. The number of hydrogen-bond acceptors (Lipinski definition) is 5. The second-order valence-electron chi connectivity index (χ2n) is 4.58. The number of ether oxygens (including phenoxy) is 1. The van der Waals surface area contributed by atoms with Crippen molar-refractivity contribution in [1.82, 2.24) is 4.72 Å². The van der Waals surface area contributed by atoms with Gasteiger partial charge in [-0.3, -0.25) is 4.79 Å².